The molecule has 32 heavy (non-hydrogen) atoms. The van der Waals surface area contributed by atoms with Crippen LogP contribution in [0.25, 0.3) is 0 Å². The Morgan fingerprint density at radius 2 is 1.62 bits per heavy atom. The Bertz CT molecular complexity index is 1050. The number of halogens is 2. The zero-order valence-corrected chi connectivity index (χ0v) is 20.0. The van der Waals surface area contributed by atoms with E-state index in [1.54, 1.807) is 25.1 Å². The van der Waals surface area contributed by atoms with Gasteiger partial charge in [-0.2, -0.15) is 0 Å². The zero-order valence-electron chi connectivity index (χ0n) is 17.6. The molecule has 1 heterocycles. The zero-order chi connectivity index (χ0) is 23.3. The molecule has 0 radical (unpaired) electrons. The molecule has 0 aromatic heterocycles. The maximum absolute atomic E-state index is 13.6. The van der Waals surface area contributed by atoms with E-state index in [1.165, 1.54) is 4.90 Å². The Hall–Kier alpha value is -2.13. The Morgan fingerprint density at radius 1 is 1.03 bits per heavy atom. The molecule has 1 unspecified atom stereocenters. The second-order valence-electron chi connectivity index (χ2n) is 7.50. The summed E-state index contributed by atoms with van der Waals surface area (Å²) in [7, 11) is -3.10. The third-order valence-electron chi connectivity index (χ3n) is 5.35. The number of likely N-dealkylation sites (N-methyl/N-ethyl adjacent to an activating group) is 1. The lowest BCUT2D eigenvalue weighted by Crippen LogP contribution is -2.50. The molecule has 172 valence electrons. The van der Waals surface area contributed by atoms with E-state index in [4.69, 9.17) is 23.2 Å². The monoisotopic (exact) mass is 497 g/mol. The highest BCUT2D eigenvalue weighted by Gasteiger charge is 2.35. The van der Waals surface area contributed by atoms with Crippen molar-refractivity contribution in [3.05, 3.63) is 64.1 Å². The summed E-state index contributed by atoms with van der Waals surface area (Å²) >= 11 is 12.3. The number of hydrogen-bond donors (Lipinski definition) is 1. The summed E-state index contributed by atoms with van der Waals surface area (Å²) in [6.07, 6.45) is 0. The molecule has 7 nitrogen and oxygen atoms in total. The third-order valence-corrected chi connectivity index (χ3v) is 7.59. The molecule has 0 aliphatic carbocycles. The van der Waals surface area contributed by atoms with Crippen LogP contribution in [0, 0.1) is 0 Å². The molecule has 2 aromatic carbocycles. The van der Waals surface area contributed by atoms with E-state index in [0.717, 1.165) is 5.56 Å². The minimum absolute atomic E-state index is 0.00122. The molecule has 10 heteroatoms. The van der Waals surface area contributed by atoms with Crippen molar-refractivity contribution in [3.63, 3.8) is 0 Å². The predicted molar refractivity (Wildman–Crippen MR) is 127 cm³/mol. The largest absolute Gasteiger partial charge is 0.332 e. The van der Waals surface area contributed by atoms with Gasteiger partial charge >= 0.3 is 0 Å². The Kier molecular flexibility index (Phi) is 8.16. The standard InChI is InChI=1S/C22H25Cl2N3O4S/c1-2-26(15-19(28)25-20-17(23)9-6-10-18(20)24)22(29)21(16-7-4-3-5-8-16)27-11-13-32(30,31)14-12-27/h3-10,21H,2,11-15H2,1H3,(H,25,28). The lowest BCUT2D eigenvalue weighted by atomic mass is 10.0. The van der Waals surface area contributed by atoms with Crippen LogP contribution in [0.3, 0.4) is 0 Å². The van der Waals surface area contributed by atoms with E-state index in [9.17, 15) is 18.0 Å². The van der Waals surface area contributed by atoms with Gasteiger partial charge in [0.1, 0.15) is 6.04 Å². The number of carbonyl (C=O) groups is 2. The van der Waals surface area contributed by atoms with E-state index >= 15 is 0 Å². The summed E-state index contributed by atoms with van der Waals surface area (Å²) in [6, 6.07) is 13.4. The first-order chi connectivity index (χ1) is 15.2. The van der Waals surface area contributed by atoms with Gasteiger partial charge < -0.3 is 10.2 Å². The number of benzene rings is 2. The minimum atomic E-state index is -3.10. The van der Waals surface area contributed by atoms with Crippen LogP contribution in [-0.4, -0.2) is 67.7 Å². The van der Waals surface area contributed by atoms with Crippen molar-refractivity contribution >= 4 is 50.5 Å². The quantitative estimate of drug-likeness (QED) is 0.634. The SMILES string of the molecule is CCN(CC(=O)Nc1c(Cl)cccc1Cl)C(=O)C(c1ccccc1)N1CCS(=O)(=O)CC1. The summed E-state index contributed by atoms with van der Waals surface area (Å²) in [6.45, 7) is 2.42. The lowest BCUT2D eigenvalue weighted by molar-refractivity contribution is -0.139. The van der Waals surface area contributed by atoms with Gasteiger partial charge in [-0.05, 0) is 24.6 Å². The molecule has 3 rings (SSSR count). The Labute approximate surface area is 198 Å². The molecule has 1 N–H and O–H groups in total. The van der Waals surface area contributed by atoms with Gasteiger partial charge in [-0.3, -0.25) is 14.5 Å². The second kappa shape index (κ2) is 10.7. The number of sulfone groups is 1. The first kappa shape index (κ1) is 24.5. The van der Waals surface area contributed by atoms with Gasteiger partial charge in [-0.1, -0.05) is 59.6 Å². The maximum atomic E-state index is 13.6. The topological polar surface area (TPSA) is 86.8 Å². The first-order valence-electron chi connectivity index (χ1n) is 10.2. The van der Waals surface area contributed by atoms with Crippen LogP contribution >= 0.6 is 23.2 Å². The Balaban J connectivity index is 1.80. The van der Waals surface area contributed by atoms with Gasteiger partial charge in [0.05, 0.1) is 33.8 Å². The maximum Gasteiger partial charge on any atom is 0.244 e. The fraction of sp³-hybridized carbons (Fsp3) is 0.364. The van der Waals surface area contributed by atoms with Gasteiger partial charge in [0.2, 0.25) is 11.8 Å². The summed E-state index contributed by atoms with van der Waals surface area (Å²) in [5.41, 5.74) is 1.05. The van der Waals surface area contributed by atoms with Crippen LogP contribution < -0.4 is 5.32 Å². The summed E-state index contributed by atoms with van der Waals surface area (Å²) in [4.78, 5) is 29.6. The van der Waals surface area contributed by atoms with Gasteiger partial charge in [0.25, 0.3) is 0 Å². The molecule has 1 saturated heterocycles. The average molecular weight is 498 g/mol. The molecule has 1 atom stereocenters. The van der Waals surface area contributed by atoms with Crippen molar-refractivity contribution in [1.29, 1.82) is 0 Å². The number of nitrogens with one attached hydrogen (secondary N) is 1. The molecule has 1 aliphatic heterocycles. The fourth-order valence-corrected chi connectivity index (χ4v) is 5.34. The smallest absolute Gasteiger partial charge is 0.244 e. The molecule has 0 bridgehead atoms. The normalized spacial score (nSPS) is 16.8. The number of nitrogens with zero attached hydrogens (tertiary/aromatic N) is 2. The van der Waals surface area contributed by atoms with Crippen LogP contribution in [0.5, 0.6) is 0 Å². The van der Waals surface area contributed by atoms with E-state index in [0.29, 0.717) is 22.3 Å². The van der Waals surface area contributed by atoms with Crippen molar-refractivity contribution in [2.24, 2.45) is 0 Å². The van der Waals surface area contributed by atoms with E-state index in [-0.39, 0.29) is 37.0 Å². The number of anilines is 1. The highest BCUT2D eigenvalue weighted by Crippen LogP contribution is 2.30. The molecule has 0 saturated carbocycles. The van der Waals surface area contributed by atoms with E-state index in [1.807, 2.05) is 35.2 Å². The predicted octanol–water partition coefficient (Wildman–Crippen LogP) is 3.25. The van der Waals surface area contributed by atoms with Crippen LogP contribution in [0.2, 0.25) is 10.0 Å². The highest BCUT2D eigenvalue weighted by molar-refractivity contribution is 7.91. The van der Waals surface area contributed by atoms with Crippen molar-refractivity contribution in [3.8, 4) is 0 Å². The van der Waals surface area contributed by atoms with Crippen molar-refractivity contribution < 1.29 is 18.0 Å². The molecule has 2 aromatic rings. The van der Waals surface area contributed by atoms with Crippen molar-refractivity contribution in [2.45, 2.75) is 13.0 Å². The Morgan fingerprint density at radius 3 is 2.19 bits per heavy atom. The van der Waals surface area contributed by atoms with Crippen LogP contribution in [0.1, 0.15) is 18.5 Å². The van der Waals surface area contributed by atoms with Gasteiger partial charge in [-0.15, -0.1) is 0 Å². The molecule has 2 amide bonds. The minimum Gasteiger partial charge on any atom is -0.332 e. The molecular weight excluding hydrogens is 473 g/mol. The molecule has 1 fully saturated rings. The summed E-state index contributed by atoms with van der Waals surface area (Å²) in [5.74, 6) is -0.690. The van der Waals surface area contributed by atoms with Crippen LogP contribution in [-0.2, 0) is 19.4 Å². The second-order valence-corrected chi connectivity index (χ2v) is 10.6. The lowest BCUT2D eigenvalue weighted by Gasteiger charge is -2.36. The average Bonchev–Trinajstić information content (AvgIpc) is 2.76. The van der Waals surface area contributed by atoms with Crippen molar-refractivity contribution in [2.75, 3.05) is 43.0 Å². The summed E-state index contributed by atoms with van der Waals surface area (Å²) in [5, 5.41) is 3.28. The number of amides is 2. The van der Waals surface area contributed by atoms with Crippen LogP contribution in [0.15, 0.2) is 48.5 Å². The number of hydrogen-bond acceptors (Lipinski definition) is 5. The number of para-hydroxylation sites is 1. The van der Waals surface area contributed by atoms with Gasteiger partial charge in [0, 0.05) is 19.6 Å². The van der Waals surface area contributed by atoms with E-state index in [2.05, 4.69) is 5.32 Å². The molecule has 0 spiro atoms. The van der Waals surface area contributed by atoms with Gasteiger partial charge in [-0.25, -0.2) is 8.42 Å². The van der Waals surface area contributed by atoms with Gasteiger partial charge in [0.15, 0.2) is 9.84 Å². The number of carbonyl (C=O) groups excluding carboxylic acids is 2. The first-order valence-corrected chi connectivity index (χ1v) is 12.8. The molecular formula is C22H25Cl2N3O4S. The number of rotatable bonds is 7. The third kappa shape index (κ3) is 6.01. The molecule has 1 aliphatic rings. The van der Waals surface area contributed by atoms with E-state index < -0.39 is 21.8 Å². The fourth-order valence-electron chi connectivity index (χ4n) is 3.62. The summed E-state index contributed by atoms with van der Waals surface area (Å²) < 4.78 is 23.8. The highest BCUT2D eigenvalue weighted by atomic mass is 35.5. The van der Waals surface area contributed by atoms with Crippen molar-refractivity contribution in [1.82, 2.24) is 9.80 Å². The van der Waals surface area contributed by atoms with Crippen LogP contribution in [0.4, 0.5) is 5.69 Å².